The number of pyridine rings is 1. The average Bonchev–Trinajstić information content (AvgIpc) is 2.94. The lowest BCUT2D eigenvalue weighted by Crippen LogP contribution is -2.15. The minimum Gasteiger partial charge on any atom is -0.506 e. The molecule has 2 aromatic heterocycles. The van der Waals surface area contributed by atoms with Crippen LogP contribution in [-0.2, 0) is 4.79 Å². The number of benzene rings is 1. The number of thioether (sulfide) groups is 1. The number of carbonyl (C=O) groups excluding carboxylic acids is 1. The van der Waals surface area contributed by atoms with Crippen molar-refractivity contribution in [2.75, 3.05) is 11.1 Å². The first-order valence-corrected chi connectivity index (χ1v) is 8.86. The molecule has 0 aliphatic carbocycles. The molecule has 2 heterocycles. The second kappa shape index (κ2) is 7.15. The highest BCUT2D eigenvalue weighted by Gasteiger charge is 2.18. The minimum absolute atomic E-state index is 0.132. The Hall–Kier alpha value is -2.90. The summed E-state index contributed by atoms with van der Waals surface area (Å²) in [5, 5.41) is 21.4. The molecule has 3 aromatic rings. The Bertz CT molecular complexity index is 1120. The number of carbonyl (C=O) groups is 1. The van der Waals surface area contributed by atoms with Crippen LogP contribution in [0.1, 0.15) is 5.56 Å². The predicted octanol–water partition coefficient (Wildman–Crippen LogP) is 3.18. The average molecular weight is 393 g/mol. The third kappa shape index (κ3) is 3.54. The summed E-state index contributed by atoms with van der Waals surface area (Å²) in [5.74, 6) is -2.50. The maximum atomic E-state index is 13.5. The number of fused-ring (bicyclic) bond motifs is 1. The van der Waals surface area contributed by atoms with Gasteiger partial charge in [0.05, 0.1) is 25.9 Å². The molecule has 26 heavy (non-hydrogen) atoms. The van der Waals surface area contributed by atoms with Crippen LogP contribution in [0.5, 0.6) is 5.75 Å². The van der Waals surface area contributed by atoms with Gasteiger partial charge in [-0.2, -0.15) is 5.26 Å². The fourth-order valence-corrected chi connectivity index (χ4v) is 4.32. The molecule has 0 radical (unpaired) electrons. The molecule has 0 atom stereocenters. The number of H-pyrrole nitrogens is 1. The first kappa shape index (κ1) is 17.9. The molecule has 0 fully saturated rings. The maximum Gasteiger partial charge on any atom is 0.252 e. The molecule has 10 heteroatoms. The highest BCUT2D eigenvalue weighted by Crippen LogP contribution is 2.39. The largest absolute Gasteiger partial charge is 0.506 e. The van der Waals surface area contributed by atoms with Crippen molar-refractivity contribution in [3.05, 3.63) is 51.8 Å². The molecule has 0 unspecified atom stereocenters. The number of nitrogens with one attached hydrogen (secondary N) is 2. The quantitative estimate of drug-likeness (QED) is 0.591. The Morgan fingerprint density at radius 1 is 1.38 bits per heavy atom. The van der Waals surface area contributed by atoms with E-state index >= 15 is 0 Å². The van der Waals surface area contributed by atoms with Gasteiger partial charge in [0.2, 0.25) is 5.91 Å². The van der Waals surface area contributed by atoms with Crippen LogP contribution >= 0.6 is 23.1 Å². The monoisotopic (exact) mass is 393 g/mol. The summed E-state index contributed by atoms with van der Waals surface area (Å²) in [6, 6.07) is 5.62. The summed E-state index contributed by atoms with van der Waals surface area (Å²) in [6.45, 7) is 0. The molecular weight excluding hydrogens is 384 g/mol. The zero-order chi connectivity index (χ0) is 18.8. The first-order chi connectivity index (χ1) is 12.4. The Kier molecular flexibility index (Phi) is 4.92. The number of nitriles is 1. The lowest BCUT2D eigenvalue weighted by atomic mass is 10.3. The van der Waals surface area contributed by atoms with E-state index in [2.05, 4.69) is 10.3 Å². The van der Waals surface area contributed by atoms with Gasteiger partial charge in [0, 0.05) is 12.1 Å². The van der Waals surface area contributed by atoms with Gasteiger partial charge in [-0.05, 0) is 12.1 Å². The van der Waals surface area contributed by atoms with E-state index in [1.807, 2.05) is 6.07 Å². The standard InChI is InChI=1S/C16H9F2N3O3S2/c17-7-1-2-9(18)10(3-7)20-13(24)6-25-16-8(5-19)14-15(26-16)11(22)4-12(23)21-14/h1-4H,6H2,(H,20,24)(H2,21,22,23). The van der Waals surface area contributed by atoms with E-state index in [1.165, 1.54) is 0 Å². The number of rotatable bonds is 4. The Morgan fingerprint density at radius 3 is 2.88 bits per heavy atom. The topological polar surface area (TPSA) is 106 Å². The number of aromatic hydroxyl groups is 1. The van der Waals surface area contributed by atoms with E-state index in [1.54, 1.807) is 0 Å². The summed E-state index contributed by atoms with van der Waals surface area (Å²) in [4.78, 5) is 25.9. The van der Waals surface area contributed by atoms with Gasteiger partial charge in [-0.25, -0.2) is 8.78 Å². The smallest absolute Gasteiger partial charge is 0.252 e. The zero-order valence-corrected chi connectivity index (χ0v) is 14.4. The predicted molar refractivity (Wildman–Crippen MR) is 94.5 cm³/mol. The molecule has 0 aliphatic rings. The molecular formula is C16H9F2N3O3S2. The molecule has 0 spiro atoms. The molecule has 6 nitrogen and oxygen atoms in total. The number of anilines is 1. The molecule has 1 aromatic carbocycles. The van der Waals surface area contributed by atoms with Crippen molar-refractivity contribution in [2.45, 2.75) is 4.21 Å². The van der Waals surface area contributed by atoms with Crippen LogP contribution in [0.3, 0.4) is 0 Å². The van der Waals surface area contributed by atoms with Gasteiger partial charge in [-0.15, -0.1) is 23.1 Å². The third-order valence-electron chi connectivity index (χ3n) is 3.27. The number of hydrogen-bond donors (Lipinski definition) is 3. The SMILES string of the molecule is N#Cc1c(SCC(=O)Nc2cc(F)ccc2F)sc2c(O)cc(=O)[nH]c12. The normalized spacial score (nSPS) is 10.7. The van der Waals surface area contributed by atoms with Gasteiger partial charge in [-0.3, -0.25) is 9.59 Å². The van der Waals surface area contributed by atoms with Crippen molar-refractivity contribution in [2.24, 2.45) is 0 Å². The lowest BCUT2D eigenvalue weighted by molar-refractivity contribution is -0.113. The first-order valence-electron chi connectivity index (χ1n) is 7.05. The van der Waals surface area contributed by atoms with Crippen LogP contribution < -0.4 is 10.9 Å². The number of nitrogens with zero attached hydrogens (tertiary/aromatic N) is 1. The van der Waals surface area contributed by atoms with Crippen molar-refractivity contribution in [1.82, 2.24) is 4.98 Å². The highest BCUT2D eigenvalue weighted by molar-refractivity contribution is 8.02. The van der Waals surface area contributed by atoms with Crippen molar-refractivity contribution < 1.29 is 18.7 Å². The van der Waals surface area contributed by atoms with Gasteiger partial charge in [0.25, 0.3) is 5.56 Å². The lowest BCUT2D eigenvalue weighted by Gasteiger charge is -2.06. The molecule has 0 saturated heterocycles. The summed E-state index contributed by atoms with van der Waals surface area (Å²) in [6.07, 6.45) is 0. The number of hydrogen-bond acceptors (Lipinski definition) is 6. The van der Waals surface area contributed by atoms with E-state index in [0.717, 1.165) is 47.4 Å². The van der Waals surface area contributed by atoms with E-state index in [4.69, 9.17) is 0 Å². The fourth-order valence-electron chi connectivity index (χ4n) is 2.17. The molecule has 3 rings (SSSR count). The number of amides is 1. The molecule has 0 aliphatic heterocycles. The molecule has 1 amide bonds. The second-order valence-corrected chi connectivity index (χ2v) is 7.32. The van der Waals surface area contributed by atoms with Crippen LogP contribution in [-0.4, -0.2) is 21.8 Å². The molecule has 3 N–H and O–H groups in total. The molecule has 132 valence electrons. The molecule has 0 saturated carbocycles. The minimum atomic E-state index is -0.771. The summed E-state index contributed by atoms with van der Waals surface area (Å²) in [7, 11) is 0. The van der Waals surface area contributed by atoms with Gasteiger partial charge in [0.1, 0.15) is 29.0 Å². The van der Waals surface area contributed by atoms with E-state index in [-0.39, 0.29) is 28.3 Å². The Balaban J connectivity index is 1.80. The number of halogens is 2. The number of aromatic nitrogens is 1. The van der Waals surface area contributed by atoms with Gasteiger partial charge in [-0.1, -0.05) is 0 Å². The zero-order valence-electron chi connectivity index (χ0n) is 12.8. The Morgan fingerprint density at radius 2 is 2.15 bits per heavy atom. The molecule has 0 bridgehead atoms. The Labute approximate surface area is 153 Å². The van der Waals surface area contributed by atoms with Crippen molar-refractivity contribution in [3.8, 4) is 11.8 Å². The second-order valence-electron chi connectivity index (χ2n) is 5.06. The number of aromatic amines is 1. The van der Waals surface area contributed by atoms with Crippen LogP contribution in [0.25, 0.3) is 10.2 Å². The van der Waals surface area contributed by atoms with Crippen LogP contribution in [0.2, 0.25) is 0 Å². The van der Waals surface area contributed by atoms with Gasteiger partial charge >= 0.3 is 0 Å². The van der Waals surface area contributed by atoms with E-state index < -0.39 is 23.1 Å². The van der Waals surface area contributed by atoms with Gasteiger partial charge in [0.15, 0.2) is 0 Å². The van der Waals surface area contributed by atoms with Crippen LogP contribution in [0.15, 0.2) is 33.3 Å². The summed E-state index contributed by atoms with van der Waals surface area (Å²) < 4.78 is 27.4. The van der Waals surface area contributed by atoms with Crippen LogP contribution in [0.4, 0.5) is 14.5 Å². The van der Waals surface area contributed by atoms with E-state index in [0.29, 0.717) is 8.91 Å². The summed E-state index contributed by atoms with van der Waals surface area (Å²) in [5.41, 5.74) is -0.510. The fraction of sp³-hybridized carbons (Fsp3) is 0.0625. The van der Waals surface area contributed by atoms with Crippen molar-refractivity contribution in [1.29, 1.82) is 5.26 Å². The van der Waals surface area contributed by atoms with Crippen molar-refractivity contribution in [3.63, 3.8) is 0 Å². The van der Waals surface area contributed by atoms with Crippen LogP contribution in [0, 0.1) is 23.0 Å². The number of thiophene rings is 1. The van der Waals surface area contributed by atoms with Gasteiger partial charge < -0.3 is 15.4 Å². The third-order valence-corrected chi connectivity index (χ3v) is 5.76. The van der Waals surface area contributed by atoms with E-state index in [9.17, 15) is 28.7 Å². The summed E-state index contributed by atoms with van der Waals surface area (Å²) >= 11 is 2.03. The maximum absolute atomic E-state index is 13.5. The highest BCUT2D eigenvalue weighted by atomic mass is 32.2. The van der Waals surface area contributed by atoms with Crippen molar-refractivity contribution >= 4 is 44.9 Å².